The van der Waals surface area contributed by atoms with Gasteiger partial charge in [0.15, 0.2) is 0 Å². The van der Waals surface area contributed by atoms with Crippen molar-refractivity contribution in [2.45, 2.75) is 39.5 Å². The summed E-state index contributed by atoms with van der Waals surface area (Å²) in [6.45, 7) is 4.38. The Balaban J connectivity index is 3.18. The number of carbonyl (C=O) groups excluding carboxylic acids is 1. The van der Waals surface area contributed by atoms with Crippen LogP contribution in [0.3, 0.4) is 0 Å². The van der Waals surface area contributed by atoms with Gasteiger partial charge in [0.2, 0.25) is 0 Å². The molecule has 0 rings (SSSR count). The SMILES string of the molecule is CCCCC=CCOC(=O)CC. The molecular formula is C10H18O2. The predicted octanol–water partition coefficient (Wildman–Crippen LogP) is 2.69. The third kappa shape index (κ3) is 7.32. The number of hydrogen-bond acceptors (Lipinski definition) is 2. The highest BCUT2D eigenvalue weighted by Crippen LogP contribution is 1.94. The number of rotatable bonds is 6. The van der Waals surface area contributed by atoms with Crippen LogP contribution < -0.4 is 0 Å². The molecule has 0 atom stereocenters. The quantitative estimate of drug-likeness (QED) is 0.348. The smallest absolute Gasteiger partial charge is 0.305 e. The highest BCUT2D eigenvalue weighted by molar-refractivity contribution is 5.68. The average Bonchev–Trinajstić information content (AvgIpc) is 2.10. The average molecular weight is 170 g/mol. The van der Waals surface area contributed by atoms with Crippen molar-refractivity contribution < 1.29 is 9.53 Å². The molecule has 0 aromatic heterocycles. The van der Waals surface area contributed by atoms with Crippen molar-refractivity contribution in [1.29, 1.82) is 0 Å². The van der Waals surface area contributed by atoms with E-state index in [9.17, 15) is 4.79 Å². The maximum Gasteiger partial charge on any atom is 0.305 e. The topological polar surface area (TPSA) is 26.3 Å². The molecule has 0 saturated heterocycles. The molecule has 0 aromatic carbocycles. The summed E-state index contributed by atoms with van der Waals surface area (Å²) in [4.78, 5) is 10.6. The van der Waals surface area contributed by atoms with Crippen molar-refractivity contribution in [2.75, 3.05) is 6.61 Å². The van der Waals surface area contributed by atoms with Crippen molar-refractivity contribution in [3.05, 3.63) is 12.2 Å². The lowest BCUT2D eigenvalue weighted by atomic mass is 10.2. The molecule has 0 N–H and O–H groups in total. The Morgan fingerprint density at radius 3 is 2.67 bits per heavy atom. The first-order valence-corrected chi connectivity index (χ1v) is 4.61. The van der Waals surface area contributed by atoms with Gasteiger partial charge in [0.1, 0.15) is 6.61 Å². The zero-order valence-corrected chi connectivity index (χ0v) is 8.01. The summed E-state index contributed by atoms with van der Waals surface area (Å²) in [7, 11) is 0. The highest BCUT2D eigenvalue weighted by atomic mass is 16.5. The van der Waals surface area contributed by atoms with Gasteiger partial charge in [-0.15, -0.1) is 0 Å². The second-order valence-electron chi connectivity index (χ2n) is 2.65. The van der Waals surface area contributed by atoms with Crippen molar-refractivity contribution in [3.63, 3.8) is 0 Å². The fourth-order valence-electron chi connectivity index (χ4n) is 0.751. The summed E-state index contributed by atoms with van der Waals surface area (Å²) in [5.41, 5.74) is 0. The van der Waals surface area contributed by atoms with Gasteiger partial charge in [-0.05, 0) is 6.42 Å². The van der Waals surface area contributed by atoms with Crippen molar-refractivity contribution in [2.24, 2.45) is 0 Å². The maximum absolute atomic E-state index is 10.6. The van der Waals surface area contributed by atoms with Crippen molar-refractivity contribution in [1.82, 2.24) is 0 Å². The van der Waals surface area contributed by atoms with E-state index in [1.54, 1.807) is 6.92 Å². The van der Waals surface area contributed by atoms with Gasteiger partial charge in [-0.2, -0.15) is 0 Å². The summed E-state index contributed by atoms with van der Waals surface area (Å²) in [5.74, 6) is -0.129. The molecule has 70 valence electrons. The van der Waals surface area contributed by atoms with Crippen LogP contribution in [0.2, 0.25) is 0 Å². The van der Waals surface area contributed by atoms with E-state index in [0.29, 0.717) is 13.0 Å². The molecule has 0 unspecified atom stereocenters. The van der Waals surface area contributed by atoms with Gasteiger partial charge in [0.05, 0.1) is 0 Å². The van der Waals surface area contributed by atoms with Crippen LogP contribution in [0.4, 0.5) is 0 Å². The van der Waals surface area contributed by atoms with Gasteiger partial charge >= 0.3 is 5.97 Å². The van der Waals surface area contributed by atoms with Crippen LogP contribution >= 0.6 is 0 Å². The second kappa shape index (κ2) is 8.31. The lowest BCUT2D eigenvalue weighted by molar-refractivity contribution is -0.141. The van der Waals surface area contributed by atoms with Gasteiger partial charge < -0.3 is 4.74 Å². The Hall–Kier alpha value is -0.790. The summed E-state index contributed by atoms with van der Waals surface area (Å²) in [6, 6.07) is 0. The van der Waals surface area contributed by atoms with E-state index in [1.165, 1.54) is 12.8 Å². The van der Waals surface area contributed by atoms with Gasteiger partial charge in [0.25, 0.3) is 0 Å². The molecule has 0 spiro atoms. The van der Waals surface area contributed by atoms with E-state index in [-0.39, 0.29) is 5.97 Å². The fourth-order valence-corrected chi connectivity index (χ4v) is 0.751. The van der Waals surface area contributed by atoms with E-state index in [0.717, 1.165) is 6.42 Å². The minimum absolute atomic E-state index is 0.129. The van der Waals surface area contributed by atoms with Gasteiger partial charge in [0, 0.05) is 6.42 Å². The number of carbonyl (C=O) groups is 1. The summed E-state index contributed by atoms with van der Waals surface area (Å²) in [5, 5.41) is 0. The fraction of sp³-hybridized carbons (Fsp3) is 0.700. The Morgan fingerprint density at radius 2 is 2.08 bits per heavy atom. The number of unbranched alkanes of at least 4 members (excludes halogenated alkanes) is 2. The monoisotopic (exact) mass is 170 g/mol. The highest BCUT2D eigenvalue weighted by Gasteiger charge is 1.93. The molecular weight excluding hydrogens is 152 g/mol. The first-order valence-electron chi connectivity index (χ1n) is 4.61. The van der Waals surface area contributed by atoms with E-state index < -0.39 is 0 Å². The molecule has 0 fully saturated rings. The van der Waals surface area contributed by atoms with Gasteiger partial charge in [-0.1, -0.05) is 38.8 Å². The Kier molecular flexibility index (Phi) is 7.76. The molecule has 0 heterocycles. The second-order valence-corrected chi connectivity index (χ2v) is 2.65. The lowest BCUT2D eigenvalue weighted by Gasteiger charge is -1.96. The van der Waals surface area contributed by atoms with Crippen LogP contribution in [0.25, 0.3) is 0 Å². The van der Waals surface area contributed by atoms with E-state index >= 15 is 0 Å². The number of allylic oxidation sites excluding steroid dienone is 1. The Labute approximate surface area is 74.6 Å². The predicted molar refractivity (Wildman–Crippen MR) is 49.9 cm³/mol. The maximum atomic E-state index is 10.6. The van der Waals surface area contributed by atoms with Gasteiger partial charge in [-0.3, -0.25) is 4.79 Å². The van der Waals surface area contributed by atoms with E-state index in [4.69, 9.17) is 4.74 Å². The standard InChI is InChI=1S/C10H18O2/c1-3-5-6-7-8-9-12-10(11)4-2/h7-8H,3-6,9H2,1-2H3. The largest absolute Gasteiger partial charge is 0.461 e. The first-order chi connectivity index (χ1) is 5.81. The molecule has 0 saturated carbocycles. The van der Waals surface area contributed by atoms with Crippen LogP contribution in [0.1, 0.15) is 39.5 Å². The van der Waals surface area contributed by atoms with Crippen LogP contribution in [0, 0.1) is 0 Å². The van der Waals surface area contributed by atoms with Crippen LogP contribution in [0.15, 0.2) is 12.2 Å². The number of esters is 1. The van der Waals surface area contributed by atoms with E-state index in [1.807, 2.05) is 6.08 Å². The Morgan fingerprint density at radius 1 is 1.33 bits per heavy atom. The molecule has 0 amide bonds. The first kappa shape index (κ1) is 11.2. The van der Waals surface area contributed by atoms with Crippen LogP contribution in [0.5, 0.6) is 0 Å². The van der Waals surface area contributed by atoms with Crippen LogP contribution in [-0.2, 0) is 9.53 Å². The molecule has 2 heteroatoms. The third-order valence-electron chi connectivity index (χ3n) is 1.52. The summed E-state index contributed by atoms with van der Waals surface area (Å²) >= 11 is 0. The lowest BCUT2D eigenvalue weighted by Crippen LogP contribution is -2.01. The zero-order chi connectivity index (χ0) is 9.23. The molecule has 2 nitrogen and oxygen atoms in total. The minimum Gasteiger partial charge on any atom is -0.461 e. The van der Waals surface area contributed by atoms with Crippen LogP contribution in [-0.4, -0.2) is 12.6 Å². The molecule has 0 aliphatic rings. The molecule has 0 bridgehead atoms. The molecule has 12 heavy (non-hydrogen) atoms. The summed E-state index contributed by atoms with van der Waals surface area (Å²) in [6.07, 6.45) is 7.93. The number of ether oxygens (including phenoxy) is 1. The van der Waals surface area contributed by atoms with Crippen molar-refractivity contribution in [3.8, 4) is 0 Å². The zero-order valence-electron chi connectivity index (χ0n) is 8.01. The molecule has 0 radical (unpaired) electrons. The normalized spacial score (nSPS) is 10.5. The summed E-state index contributed by atoms with van der Waals surface area (Å²) < 4.78 is 4.85. The van der Waals surface area contributed by atoms with E-state index in [2.05, 4.69) is 13.0 Å². The minimum atomic E-state index is -0.129. The molecule has 0 aliphatic carbocycles. The third-order valence-corrected chi connectivity index (χ3v) is 1.52. The Bertz CT molecular complexity index is 139. The van der Waals surface area contributed by atoms with Crippen molar-refractivity contribution >= 4 is 5.97 Å². The molecule has 0 aliphatic heterocycles. The van der Waals surface area contributed by atoms with Gasteiger partial charge in [-0.25, -0.2) is 0 Å². The molecule has 0 aromatic rings. The number of hydrogen-bond donors (Lipinski definition) is 0.